The van der Waals surface area contributed by atoms with Crippen LogP contribution in [0.5, 0.6) is 5.75 Å². The highest BCUT2D eigenvalue weighted by atomic mass is 79.9. The summed E-state index contributed by atoms with van der Waals surface area (Å²) >= 11 is 3.59. The molecule has 1 heterocycles. The maximum absolute atomic E-state index is 13.8. The summed E-state index contributed by atoms with van der Waals surface area (Å²) in [7, 11) is 1.35. The summed E-state index contributed by atoms with van der Waals surface area (Å²) in [4.78, 5) is 26.9. The van der Waals surface area contributed by atoms with E-state index in [1.54, 1.807) is 0 Å². The first-order chi connectivity index (χ1) is 18.5. The van der Waals surface area contributed by atoms with Crippen molar-refractivity contribution in [2.75, 3.05) is 7.11 Å². The van der Waals surface area contributed by atoms with E-state index in [0.29, 0.717) is 34.8 Å². The topological polar surface area (TPSA) is 64.6 Å². The Labute approximate surface area is 228 Å². The molecule has 0 fully saturated rings. The molecule has 1 atom stereocenters. The van der Waals surface area contributed by atoms with Gasteiger partial charge in [-0.2, -0.15) is 0 Å². The number of fused-ring (bicyclic) bond motifs is 3. The standard InChI is InChI=1S/C32H24BrNO4/c1-18-27(32(36)37-2)28(29-30(34-18)23-9-5-6-10-24(23)31(29)35)25-16-22(33)13-14-26(25)38-17-19-11-12-20-7-3-4-8-21(20)15-19/h3-16,28,34H,17H2,1-2H3/t28-/m0/s1. The van der Waals surface area contributed by atoms with E-state index in [9.17, 15) is 9.59 Å². The number of methoxy groups -OCH3 is 1. The van der Waals surface area contributed by atoms with Gasteiger partial charge in [-0.15, -0.1) is 0 Å². The van der Waals surface area contributed by atoms with Crippen LogP contribution >= 0.6 is 15.9 Å². The number of dihydropyridines is 1. The van der Waals surface area contributed by atoms with Gasteiger partial charge in [0.1, 0.15) is 12.4 Å². The van der Waals surface area contributed by atoms with Gasteiger partial charge in [0.15, 0.2) is 5.78 Å². The molecule has 0 saturated carbocycles. The number of nitrogens with one attached hydrogen (secondary N) is 1. The second-order valence-electron chi connectivity index (χ2n) is 9.40. The Morgan fingerprint density at radius 3 is 2.45 bits per heavy atom. The second kappa shape index (κ2) is 9.62. The SMILES string of the molecule is COC(=O)C1=C(C)NC2=C(C(=O)c3ccccc32)[C@H]1c1cc(Br)ccc1OCc1ccc2ccccc2c1. The van der Waals surface area contributed by atoms with Gasteiger partial charge >= 0.3 is 5.97 Å². The Bertz CT molecular complexity index is 1700. The molecule has 6 heteroatoms. The van der Waals surface area contributed by atoms with Crippen molar-refractivity contribution in [3.8, 4) is 5.75 Å². The predicted molar refractivity (Wildman–Crippen MR) is 151 cm³/mol. The van der Waals surface area contributed by atoms with Crippen LogP contribution in [0.1, 0.15) is 39.9 Å². The van der Waals surface area contributed by atoms with Gasteiger partial charge < -0.3 is 14.8 Å². The molecule has 4 aromatic carbocycles. The highest BCUT2D eigenvalue weighted by molar-refractivity contribution is 9.10. The quantitative estimate of drug-likeness (QED) is 0.266. The number of benzene rings is 4. The molecular formula is C32H24BrNO4. The van der Waals surface area contributed by atoms with Crippen molar-refractivity contribution in [2.24, 2.45) is 0 Å². The summed E-state index contributed by atoms with van der Waals surface area (Å²) in [5.74, 6) is -0.668. The number of ketones is 1. The summed E-state index contributed by atoms with van der Waals surface area (Å²) in [5.41, 5.74) is 5.46. The van der Waals surface area contributed by atoms with Gasteiger partial charge in [-0.25, -0.2) is 4.79 Å². The lowest BCUT2D eigenvalue weighted by atomic mass is 9.79. The van der Waals surface area contributed by atoms with Gasteiger partial charge in [0, 0.05) is 32.4 Å². The lowest BCUT2D eigenvalue weighted by Gasteiger charge is -2.30. The first-order valence-electron chi connectivity index (χ1n) is 12.3. The third-order valence-corrected chi connectivity index (χ3v) is 7.64. The Morgan fingerprint density at radius 2 is 1.66 bits per heavy atom. The summed E-state index contributed by atoms with van der Waals surface area (Å²) in [6.07, 6.45) is 0. The molecule has 38 heavy (non-hydrogen) atoms. The van der Waals surface area contributed by atoms with E-state index in [0.717, 1.165) is 37.6 Å². The van der Waals surface area contributed by atoms with Crippen LogP contribution in [0.25, 0.3) is 16.5 Å². The molecule has 0 amide bonds. The number of rotatable bonds is 5. The molecule has 6 rings (SSSR count). The highest BCUT2D eigenvalue weighted by Crippen LogP contribution is 2.49. The summed E-state index contributed by atoms with van der Waals surface area (Å²) in [6.45, 7) is 2.17. The molecule has 1 aliphatic heterocycles. The Kier molecular flexibility index (Phi) is 6.12. The van der Waals surface area contributed by atoms with Crippen LogP contribution in [-0.4, -0.2) is 18.9 Å². The van der Waals surface area contributed by atoms with E-state index < -0.39 is 11.9 Å². The fourth-order valence-electron chi connectivity index (χ4n) is 5.39. The number of hydrogen-bond donors (Lipinski definition) is 1. The summed E-state index contributed by atoms with van der Waals surface area (Å²) in [5, 5.41) is 5.63. The van der Waals surface area contributed by atoms with Crippen LogP contribution in [0.2, 0.25) is 0 Å². The van der Waals surface area contributed by atoms with Crippen LogP contribution in [0.3, 0.4) is 0 Å². The first kappa shape index (κ1) is 24.2. The number of Topliss-reactive ketones (excluding diaryl/α,β-unsaturated/α-hetero) is 1. The Hall–Kier alpha value is -4.16. The minimum Gasteiger partial charge on any atom is -0.489 e. The average molecular weight is 566 g/mol. The molecule has 0 spiro atoms. The third-order valence-electron chi connectivity index (χ3n) is 7.15. The minimum atomic E-state index is -0.664. The van der Waals surface area contributed by atoms with Crippen molar-refractivity contribution >= 4 is 44.2 Å². The van der Waals surface area contributed by atoms with Crippen LogP contribution in [0.4, 0.5) is 0 Å². The molecule has 1 aliphatic carbocycles. The maximum atomic E-state index is 13.8. The normalized spacial score (nSPS) is 16.3. The van der Waals surface area contributed by atoms with Crippen molar-refractivity contribution in [3.63, 3.8) is 0 Å². The lowest BCUT2D eigenvalue weighted by Crippen LogP contribution is -2.29. The average Bonchev–Trinajstić information content (AvgIpc) is 3.22. The zero-order valence-electron chi connectivity index (χ0n) is 20.9. The smallest absolute Gasteiger partial charge is 0.336 e. The molecule has 0 saturated heterocycles. The zero-order chi connectivity index (χ0) is 26.4. The fraction of sp³-hybridized carbons (Fsp3) is 0.125. The van der Waals surface area contributed by atoms with Gasteiger partial charge in [-0.3, -0.25) is 4.79 Å². The van der Waals surface area contributed by atoms with Crippen molar-refractivity contribution in [1.82, 2.24) is 5.32 Å². The van der Waals surface area contributed by atoms with E-state index >= 15 is 0 Å². The molecule has 188 valence electrons. The molecule has 4 aromatic rings. The molecule has 1 N–H and O–H groups in total. The lowest BCUT2D eigenvalue weighted by molar-refractivity contribution is -0.136. The minimum absolute atomic E-state index is 0.109. The number of carbonyl (C=O) groups excluding carboxylic acids is 2. The number of allylic oxidation sites excluding steroid dienone is 2. The number of halogens is 1. The van der Waals surface area contributed by atoms with Gasteiger partial charge in [0.2, 0.25) is 0 Å². The number of ether oxygens (including phenoxy) is 2. The molecule has 0 aromatic heterocycles. The first-order valence-corrected chi connectivity index (χ1v) is 13.1. The van der Waals surface area contributed by atoms with Crippen molar-refractivity contribution in [2.45, 2.75) is 19.4 Å². The zero-order valence-corrected chi connectivity index (χ0v) is 22.5. The largest absolute Gasteiger partial charge is 0.489 e. The molecule has 2 aliphatic rings. The van der Waals surface area contributed by atoms with Crippen molar-refractivity contribution in [3.05, 3.63) is 128 Å². The van der Waals surface area contributed by atoms with Gasteiger partial charge in [0.05, 0.1) is 24.3 Å². The van der Waals surface area contributed by atoms with Crippen LogP contribution < -0.4 is 10.1 Å². The molecule has 0 radical (unpaired) electrons. The predicted octanol–water partition coefficient (Wildman–Crippen LogP) is 6.92. The summed E-state index contributed by atoms with van der Waals surface area (Å²) in [6, 6.07) is 27.6. The number of esters is 1. The number of carbonyl (C=O) groups is 2. The van der Waals surface area contributed by atoms with Crippen molar-refractivity contribution in [1.29, 1.82) is 0 Å². The van der Waals surface area contributed by atoms with Gasteiger partial charge in [-0.05, 0) is 47.5 Å². The molecule has 5 nitrogen and oxygen atoms in total. The molecular weight excluding hydrogens is 542 g/mol. The Morgan fingerprint density at radius 1 is 0.921 bits per heavy atom. The maximum Gasteiger partial charge on any atom is 0.336 e. The summed E-state index contributed by atoms with van der Waals surface area (Å²) < 4.78 is 12.4. The van der Waals surface area contributed by atoms with E-state index in [2.05, 4.69) is 45.5 Å². The van der Waals surface area contributed by atoms with E-state index in [1.165, 1.54) is 7.11 Å². The van der Waals surface area contributed by atoms with Crippen LogP contribution in [0, 0.1) is 0 Å². The second-order valence-corrected chi connectivity index (χ2v) is 10.3. The third kappa shape index (κ3) is 4.02. The van der Waals surface area contributed by atoms with Gasteiger partial charge in [-0.1, -0.05) is 76.6 Å². The monoisotopic (exact) mass is 565 g/mol. The molecule has 0 unspecified atom stereocenters. The van der Waals surface area contributed by atoms with E-state index in [4.69, 9.17) is 9.47 Å². The fourth-order valence-corrected chi connectivity index (χ4v) is 5.77. The molecule has 0 bridgehead atoms. The van der Waals surface area contributed by atoms with E-state index in [-0.39, 0.29) is 5.78 Å². The number of hydrogen-bond acceptors (Lipinski definition) is 5. The van der Waals surface area contributed by atoms with Gasteiger partial charge in [0.25, 0.3) is 0 Å². The van der Waals surface area contributed by atoms with Crippen molar-refractivity contribution < 1.29 is 19.1 Å². The highest BCUT2D eigenvalue weighted by Gasteiger charge is 2.43. The van der Waals surface area contributed by atoms with Crippen LogP contribution in [-0.2, 0) is 16.1 Å². The van der Waals surface area contributed by atoms with Crippen LogP contribution in [0.15, 0.2) is 106 Å². The van der Waals surface area contributed by atoms with E-state index in [1.807, 2.05) is 67.6 Å². The Balaban J connectivity index is 1.45.